The van der Waals surface area contributed by atoms with Gasteiger partial charge in [-0.15, -0.1) is 0 Å². The van der Waals surface area contributed by atoms with Crippen LogP contribution < -0.4 is 16.2 Å². The number of benzene rings is 3. The number of aromatic hydroxyl groups is 1. The monoisotopic (exact) mass is 384 g/mol. The standard InChI is InChI=1S/C23H20N4O2/c1-29-18-9-4-14(5-10-18)16-6-11-22(28)19(12-16)21-13-20(26-23(25)27-21)15-2-7-17(24)8-3-15/h2-13,28H,24H2,1H3,(H2,25,26,27). The number of nitrogen functional groups attached to an aromatic ring is 2. The number of nitrogens with zero attached hydrogens (tertiary/aromatic N) is 2. The largest absolute Gasteiger partial charge is 0.507 e. The van der Waals surface area contributed by atoms with Gasteiger partial charge in [0, 0.05) is 16.8 Å². The summed E-state index contributed by atoms with van der Waals surface area (Å²) < 4.78 is 5.21. The van der Waals surface area contributed by atoms with E-state index in [9.17, 15) is 5.11 Å². The van der Waals surface area contributed by atoms with Gasteiger partial charge in [-0.2, -0.15) is 0 Å². The van der Waals surface area contributed by atoms with E-state index in [4.69, 9.17) is 16.2 Å². The Labute approximate surface area is 168 Å². The summed E-state index contributed by atoms with van der Waals surface area (Å²) in [6.45, 7) is 0. The molecular formula is C23H20N4O2. The second-order valence-corrected chi connectivity index (χ2v) is 6.58. The van der Waals surface area contributed by atoms with Gasteiger partial charge in [-0.25, -0.2) is 9.97 Å². The minimum absolute atomic E-state index is 0.114. The van der Waals surface area contributed by atoms with E-state index in [1.54, 1.807) is 31.4 Å². The van der Waals surface area contributed by atoms with Gasteiger partial charge in [0.1, 0.15) is 11.5 Å². The number of phenols is 1. The number of hydrogen-bond acceptors (Lipinski definition) is 6. The second-order valence-electron chi connectivity index (χ2n) is 6.58. The van der Waals surface area contributed by atoms with Crippen LogP contribution in [0.25, 0.3) is 33.6 Å². The number of nitrogens with two attached hydrogens (primary N) is 2. The first-order valence-electron chi connectivity index (χ1n) is 9.02. The smallest absolute Gasteiger partial charge is 0.221 e. The summed E-state index contributed by atoms with van der Waals surface area (Å²) in [6.07, 6.45) is 0. The molecule has 0 aliphatic carbocycles. The average molecular weight is 384 g/mol. The second kappa shape index (κ2) is 7.52. The highest BCUT2D eigenvalue weighted by Crippen LogP contribution is 2.35. The molecule has 6 nitrogen and oxygen atoms in total. The van der Waals surface area contributed by atoms with E-state index in [0.29, 0.717) is 22.6 Å². The van der Waals surface area contributed by atoms with Gasteiger partial charge >= 0.3 is 0 Å². The van der Waals surface area contributed by atoms with Crippen molar-refractivity contribution in [1.29, 1.82) is 0 Å². The van der Waals surface area contributed by atoms with Gasteiger partial charge < -0.3 is 21.3 Å². The molecule has 0 fully saturated rings. The number of phenolic OH excluding ortho intramolecular Hbond substituents is 1. The summed E-state index contributed by atoms with van der Waals surface area (Å²) in [5, 5.41) is 10.5. The van der Waals surface area contributed by atoms with E-state index in [1.165, 1.54) is 0 Å². The molecule has 0 saturated heterocycles. The summed E-state index contributed by atoms with van der Waals surface area (Å²) in [5.41, 5.74) is 16.9. The van der Waals surface area contributed by atoms with Crippen LogP contribution in [0.4, 0.5) is 11.6 Å². The average Bonchev–Trinajstić information content (AvgIpc) is 2.74. The molecule has 0 saturated carbocycles. The zero-order valence-electron chi connectivity index (χ0n) is 15.8. The molecule has 144 valence electrons. The van der Waals surface area contributed by atoms with Crippen LogP contribution in [-0.2, 0) is 0 Å². The quantitative estimate of drug-likeness (QED) is 0.451. The minimum Gasteiger partial charge on any atom is -0.507 e. The summed E-state index contributed by atoms with van der Waals surface area (Å²) >= 11 is 0. The normalized spacial score (nSPS) is 10.7. The fourth-order valence-corrected chi connectivity index (χ4v) is 3.11. The predicted molar refractivity (Wildman–Crippen MR) is 115 cm³/mol. The van der Waals surface area contributed by atoms with Crippen LogP contribution in [0.2, 0.25) is 0 Å². The van der Waals surface area contributed by atoms with Crippen molar-refractivity contribution in [3.05, 3.63) is 72.8 Å². The first-order valence-corrected chi connectivity index (χ1v) is 9.02. The highest BCUT2D eigenvalue weighted by molar-refractivity contribution is 5.78. The van der Waals surface area contributed by atoms with E-state index < -0.39 is 0 Å². The van der Waals surface area contributed by atoms with Crippen molar-refractivity contribution < 1.29 is 9.84 Å². The molecule has 1 aromatic heterocycles. The summed E-state index contributed by atoms with van der Waals surface area (Å²) in [5.74, 6) is 1.02. The maximum Gasteiger partial charge on any atom is 0.221 e. The third-order valence-corrected chi connectivity index (χ3v) is 4.65. The number of hydrogen-bond donors (Lipinski definition) is 3. The molecule has 29 heavy (non-hydrogen) atoms. The van der Waals surface area contributed by atoms with Gasteiger partial charge in [-0.1, -0.05) is 30.3 Å². The number of aromatic nitrogens is 2. The molecule has 0 unspecified atom stereocenters. The Morgan fingerprint density at radius 2 is 1.34 bits per heavy atom. The van der Waals surface area contributed by atoms with E-state index in [0.717, 1.165) is 22.4 Å². The Hall–Kier alpha value is -4.06. The van der Waals surface area contributed by atoms with Crippen LogP contribution in [-0.4, -0.2) is 22.2 Å². The van der Waals surface area contributed by atoms with Crippen molar-refractivity contribution in [3.8, 4) is 45.1 Å². The SMILES string of the molecule is COc1ccc(-c2ccc(O)c(-c3cc(-c4ccc(N)cc4)nc(N)n3)c2)cc1. The molecule has 4 rings (SSSR count). The molecule has 0 spiro atoms. The van der Waals surface area contributed by atoms with E-state index in [-0.39, 0.29) is 11.7 Å². The van der Waals surface area contributed by atoms with Crippen LogP contribution in [0.3, 0.4) is 0 Å². The minimum atomic E-state index is 0.114. The molecule has 1 heterocycles. The third kappa shape index (κ3) is 3.82. The zero-order chi connectivity index (χ0) is 20.4. The molecule has 5 N–H and O–H groups in total. The van der Waals surface area contributed by atoms with Crippen molar-refractivity contribution >= 4 is 11.6 Å². The highest BCUT2D eigenvalue weighted by Gasteiger charge is 2.12. The number of anilines is 2. The lowest BCUT2D eigenvalue weighted by Gasteiger charge is -2.11. The molecule has 0 amide bonds. The van der Waals surface area contributed by atoms with Gasteiger partial charge in [-0.05, 0) is 53.6 Å². The molecule has 0 bridgehead atoms. The molecule has 6 heteroatoms. The van der Waals surface area contributed by atoms with Gasteiger partial charge in [0.05, 0.1) is 18.5 Å². The van der Waals surface area contributed by atoms with Crippen molar-refractivity contribution in [1.82, 2.24) is 9.97 Å². The van der Waals surface area contributed by atoms with Crippen LogP contribution in [0, 0.1) is 0 Å². The lowest BCUT2D eigenvalue weighted by atomic mass is 10.00. The fraction of sp³-hybridized carbons (Fsp3) is 0.0435. The molecule has 0 aliphatic rings. The van der Waals surface area contributed by atoms with Crippen LogP contribution in [0.1, 0.15) is 0 Å². The molecule has 0 radical (unpaired) electrons. The Kier molecular flexibility index (Phi) is 4.75. The van der Waals surface area contributed by atoms with Crippen molar-refractivity contribution in [2.75, 3.05) is 18.6 Å². The fourth-order valence-electron chi connectivity index (χ4n) is 3.11. The third-order valence-electron chi connectivity index (χ3n) is 4.65. The Bertz CT molecular complexity index is 1160. The van der Waals surface area contributed by atoms with E-state index >= 15 is 0 Å². The van der Waals surface area contributed by atoms with Gasteiger partial charge in [-0.3, -0.25) is 0 Å². The molecule has 0 aliphatic heterocycles. The summed E-state index contributed by atoms with van der Waals surface area (Å²) in [4.78, 5) is 8.65. The number of methoxy groups -OCH3 is 1. The Balaban J connectivity index is 1.78. The predicted octanol–water partition coefficient (Wildman–Crippen LogP) is 4.36. The first kappa shape index (κ1) is 18.3. The summed E-state index contributed by atoms with van der Waals surface area (Å²) in [7, 11) is 1.63. The van der Waals surface area contributed by atoms with Gasteiger partial charge in [0.15, 0.2) is 0 Å². The molecule has 0 atom stereocenters. The van der Waals surface area contributed by atoms with Crippen LogP contribution in [0.15, 0.2) is 72.8 Å². The Morgan fingerprint density at radius 1 is 0.724 bits per heavy atom. The first-order chi connectivity index (χ1) is 14.0. The van der Waals surface area contributed by atoms with E-state index in [2.05, 4.69) is 9.97 Å². The topological polar surface area (TPSA) is 107 Å². The zero-order valence-corrected chi connectivity index (χ0v) is 15.8. The lowest BCUT2D eigenvalue weighted by molar-refractivity contribution is 0.415. The lowest BCUT2D eigenvalue weighted by Crippen LogP contribution is -1.99. The van der Waals surface area contributed by atoms with Crippen molar-refractivity contribution in [2.24, 2.45) is 0 Å². The number of rotatable bonds is 4. The maximum absolute atomic E-state index is 10.5. The number of ether oxygens (including phenoxy) is 1. The van der Waals surface area contributed by atoms with Crippen molar-refractivity contribution in [3.63, 3.8) is 0 Å². The maximum atomic E-state index is 10.5. The molecule has 3 aromatic carbocycles. The Morgan fingerprint density at radius 3 is 2.03 bits per heavy atom. The molecule has 4 aromatic rings. The molecular weight excluding hydrogens is 364 g/mol. The van der Waals surface area contributed by atoms with Crippen LogP contribution >= 0.6 is 0 Å². The van der Waals surface area contributed by atoms with E-state index in [1.807, 2.05) is 48.5 Å². The highest BCUT2D eigenvalue weighted by atomic mass is 16.5. The van der Waals surface area contributed by atoms with Gasteiger partial charge in [0.2, 0.25) is 5.95 Å². The van der Waals surface area contributed by atoms with Gasteiger partial charge in [0.25, 0.3) is 0 Å². The van der Waals surface area contributed by atoms with Crippen molar-refractivity contribution in [2.45, 2.75) is 0 Å². The van der Waals surface area contributed by atoms with Crippen LogP contribution in [0.5, 0.6) is 11.5 Å². The summed E-state index contributed by atoms with van der Waals surface area (Å²) in [6, 6.07) is 22.2.